The molecule has 0 unspecified atom stereocenters. The predicted molar refractivity (Wildman–Crippen MR) is 88.6 cm³/mol. The van der Waals surface area contributed by atoms with Gasteiger partial charge in [-0.3, -0.25) is 5.01 Å². The first-order valence-electron chi connectivity index (χ1n) is 7.32. The SMILES string of the molecule is CN(NS(=O)(=O)c1ccc2c(c1)CCO2)c1ncc(C(F)(F)F)cc1Cl. The molecule has 0 spiro atoms. The quantitative estimate of drug-likeness (QED) is 0.789. The van der Waals surface area contributed by atoms with Crippen molar-refractivity contribution < 1.29 is 26.3 Å². The normalized spacial score (nSPS) is 14.0. The summed E-state index contributed by atoms with van der Waals surface area (Å²) in [6, 6.07) is 5.10. The summed E-state index contributed by atoms with van der Waals surface area (Å²) in [5.74, 6) is 0.470. The highest BCUT2D eigenvalue weighted by Crippen LogP contribution is 2.33. The van der Waals surface area contributed by atoms with Crippen molar-refractivity contribution in [3.8, 4) is 5.75 Å². The highest BCUT2D eigenvalue weighted by atomic mass is 35.5. The maximum atomic E-state index is 12.7. The fourth-order valence-electron chi connectivity index (χ4n) is 2.44. The van der Waals surface area contributed by atoms with E-state index in [1.54, 1.807) is 6.07 Å². The number of hydrazine groups is 1. The molecule has 3 rings (SSSR count). The van der Waals surface area contributed by atoms with Gasteiger partial charge in [0.25, 0.3) is 10.0 Å². The largest absolute Gasteiger partial charge is 0.493 e. The summed E-state index contributed by atoms with van der Waals surface area (Å²) >= 11 is 5.83. The van der Waals surface area contributed by atoms with E-state index in [9.17, 15) is 21.6 Å². The zero-order valence-electron chi connectivity index (χ0n) is 13.3. The Morgan fingerprint density at radius 3 is 2.69 bits per heavy atom. The van der Waals surface area contributed by atoms with E-state index in [4.69, 9.17) is 16.3 Å². The Labute approximate surface area is 152 Å². The molecule has 0 amide bonds. The molecule has 11 heteroatoms. The first-order valence-corrected chi connectivity index (χ1v) is 9.19. The molecule has 2 aromatic rings. The number of benzene rings is 1. The molecule has 1 aromatic heterocycles. The summed E-state index contributed by atoms with van der Waals surface area (Å²) in [5, 5.41) is 0.606. The monoisotopic (exact) mass is 407 g/mol. The molecule has 1 aliphatic rings. The molecule has 0 aliphatic carbocycles. The van der Waals surface area contributed by atoms with Gasteiger partial charge < -0.3 is 4.74 Å². The van der Waals surface area contributed by atoms with Gasteiger partial charge in [0.05, 0.1) is 22.1 Å². The Morgan fingerprint density at radius 1 is 1.31 bits per heavy atom. The zero-order chi connectivity index (χ0) is 19.1. The van der Waals surface area contributed by atoms with Crippen LogP contribution in [-0.4, -0.2) is 27.1 Å². The number of aromatic nitrogens is 1. The van der Waals surface area contributed by atoms with Crippen LogP contribution in [0.1, 0.15) is 11.1 Å². The lowest BCUT2D eigenvalue weighted by Crippen LogP contribution is -2.40. The van der Waals surface area contributed by atoms with Gasteiger partial charge in [0.2, 0.25) is 0 Å². The third-order valence-corrected chi connectivity index (χ3v) is 5.36. The molecule has 1 aromatic carbocycles. The van der Waals surface area contributed by atoms with Gasteiger partial charge >= 0.3 is 6.18 Å². The lowest BCUT2D eigenvalue weighted by molar-refractivity contribution is -0.137. The molecule has 2 heterocycles. The van der Waals surface area contributed by atoms with Crippen LogP contribution >= 0.6 is 11.6 Å². The molecule has 26 heavy (non-hydrogen) atoms. The smallest absolute Gasteiger partial charge is 0.417 e. The maximum Gasteiger partial charge on any atom is 0.417 e. The second-order valence-electron chi connectivity index (χ2n) is 5.55. The summed E-state index contributed by atoms with van der Waals surface area (Å²) in [7, 11) is -2.70. The Hall–Kier alpha value is -2.04. The van der Waals surface area contributed by atoms with Gasteiger partial charge in [-0.2, -0.15) is 13.2 Å². The van der Waals surface area contributed by atoms with E-state index < -0.39 is 21.8 Å². The summed E-state index contributed by atoms with van der Waals surface area (Å²) < 4.78 is 68.3. The van der Waals surface area contributed by atoms with Gasteiger partial charge in [-0.15, -0.1) is 4.83 Å². The van der Waals surface area contributed by atoms with E-state index in [1.807, 2.05) is 0 Å². The van der Waals surface area contributed by atoms with E-state index in [1.165, 1.54) is 19.2 Å². The maximum absolute atomic E-state index is 12.7. The van der Waals surface area contributed by atoms with Crippen molar-refractivity contribution in [3.63, 3.8) is 0 Å². The van der Waals surface area contributed by atoms with E-state index in [0.29, 0.717) is 31.0 Å². The van der Waals surface area contributed by atoms with Crippen molar-refractivity contribution in [1.82, 2.24) is 9.82 Å². The van der Waals surface area contributed by atoms with Crippen LogP contribution in [0.2, 0.25) is 5.02 Å². The minimum atomic E-state index is -4.60. The number of anilines is 1. The number of rotatable bonds is 4. The van der Waals surface area contributed by atoms with Crippen molar-refractivity contribution in [2.45, 2.75) is 17.5 Å². The number of nitrogens with one attached hydrogen (secondary N) is 1. The lowest BCUT2D eigenvalue weighted by atomic mass is 10.2. The van der Waals surface area contributed by atoms with E-state index in [0.717, 1.165) is 10.6 Å². The second-order valence-corrected chi connectivity index (χ2v) is 7.62. The number of hydrogen-bond acceptors (Lipinski definition) is 5. The zero-order valence-corrected chi connectivity index (χ0v) is 14.9. The third-order valence-electron chi connectivity index (χ3n) is 3.70. The molecular weight excluding hydrogens is 395 g/mol. The topological polar surface area (TPSA) is 71.5 Å². The molecular formula is C15H13ClF3N3O3S. The van der Waals surface area contributed by atoms with Gasteiger partial charge in [0, 0.05) is 19.7 Å². The minimum Gasteiger partial charge on any atom is -0.493 e. The van der Waals surface area contributed by atoms with Crippen molar-refractivity contribution in [2.24, 2.45) is 0 Å². The summed E-state index contributed by atoms with van der Waals surface area (Å²) in [5.41, 5.74) is -0.262. The molecule has 0 bridgehead atoms. The van der Waals surface area contributed by atoms with Crippen LogP contribution in [0.4, 0.5) is 19.0 Å². The minimum absolute atomic E-state index is 0.00312. The third kappa shape index (κ3) is 3.71. The van der Waals surface area contributed by atoms with Gasteiger partial charge in [-0.25, -0.2) is 13.4 Å². The van der Waals surface area contributed by atoms with Crippen LogP contribution in [0.25, 0.3) is 0 Å². The van der Waals surface area contributed by atoms with Crippen LogP contribution in [0.15, 0.2) is 35.4 Å². The van der Waals surface area contributed by atoms with Gasteiger partial charge in [-0.05, 0) is 29.8 Å². The van der Waals surface area contributed by atoms with Crippen molar-refractivity contribution >= 4 is 27.4 Å². The van der Waals surface area contributed by atoms with Crippen molar-refractivity contribution in [1.29, 1.82) is 0 Å². The number of sulfonamides is 1. The molecule has 0 fully saturated rings. The predicted octanol–water partition coefficient (Wildman–Crippen LogP) is 3.02. The molecule has 0 radical (unpaired) electrons. The summed E-state index contributed by atoms with van der Waals surface area (Å²) in [6.45, 7) is 0.483. The molecule has 1 N–H and O–H groups in total. The van der Waals surface area contributed by atoms with E-state index in [2.05, 4.69) is 9.82 Å². The number of nitrogens with zero attached hydrogens (tertiary/aromatic N) is 2. The fourth-order valence-corrected chi connectivity index (χ4v) is 3.83. The summed E-state index contributed by atoms with van der Waals surface area (Å²) in [6.07, 6.45) is -3.42. The lowest BCUT2D eigenvalue weighted by Gasteiger charge is -2.21. The number of ether oxygens (including phenoxy) is 1. The van der Waals surface area contributed by atoms with Crippen LogP contribution in [-0.2, 0) is 22.6 Å². The molecule has 0 atom stereocenters. The average molecular weight is 408 g/mol. The van der Waals surface area contributed by atoms with Crippen molar-refractivity contribution in [2.75, 3.05) is 18.7 Å². The fraction of sp³-hybridized carbons (Fsp3) is 0.267. The standard InChI is InChI=1S/C15H13ClF3N3O3S/c1-22(14-12(16)7-10(8-20-14)15(17,18)19)21-26(23,24)11-2-3-13-9(6-11)4-5-25-13/h2-3,6-8,21H,4-5H2,1H3. The number of hydrogen-bond donors (Lipinski definition) is 1. The molecule has 1 aliphatic heterocycles. The van der Waals surface area contributed by atoms with Gasteiger partial charge in [0.1, 0.15) is 5.75 Å². The van der Waals surface area contributed by atoms with Gasteiger partial charge in [0.15, 0.2) is 5.82 Å². The Bertz CT molecular complexity index is 951. The Balaban J connectivity index is 1.84. The first-order chi connectivity index (χ1) is 12.1. The highest BCUT2D eigenvalue weighted by Gasteiger charge is 2.32. The van der Waals surface area contributed by atoms with E-state index in [-0.39, 0.29) is 15.7 Å². The number of pyridine rings is 1. The average Bonchev–Trinajstić information content (AvgIpc) is 3.00. The molecule has 0 saturated heterocycles. The van der Waals surface area contributed by atoms with Gasteiger partial charge in [-0.1, -0.05) is 11.6 Å². The second kappa shape index (κ2) is 6.60. The number of halogens is 4. The van der Waals surface area contributed by atoms with Crippen LogP contribution < -0.4 is 14.6 Å². The van der Waals surface area contributed by atoms with E-state index >= 15 is 0 Å². The van der Waals surface area contributed by atoms with Crippen LogP contribution in [0.5, 0.6) is 5.75 Å². The van der Waals surface area contributed by atoms with Crippen LogP contribution in [0.3, 0.4) is 0 Å². The number of alkyl halides is 3. The molecule has 6 nitrogen and oxygen atoms in total. The number of fused-ring (bicyclic) bond motifs is 1. The van der Waals surface area contributed by atoms with Crippen molar-refractivity contribution in [3.05, 3.63) is 46.6 Å². The highest BCUT2D eigenvalue weighted by molar-refractivity contribution is 7.89. The molecule has 140 valence electrons. The Morgan fingerprint density at radius 2 is 2.04 bits per heavy atom. The first kappa shape index (κ1) is 18.7. The van der Waals surface area contributed by atoms with Crippen LogP contribution in [0, 0.1) is 0 Å². The molecule has 0 saturated carbocycles. The summed E-state index contributed by atoms with van der Waals surface area (Å²) in [4.78, 5) is 5.82. The Kier molecular flexibility index (Phi) is 4.76.